The lowest BCUT2D eigenvalue weighted by Gasteiger charge is -2.33. The molecule has 29 heavy (non-hydrogen) atoms. The molecule has 4 heterocycles. The van der Waals surface area contributed by atoms with Crippen LogP contribution in [0.4, 0.5) is 13.2 Å². The summed E-state index contributed by atoms with van der Waals surface area (Å²) in [5.74, 6) is -0.287. The standard InChI is InChI=1S/C19H13F3N4O2S/c20-19(21,22)17-16(29-9-25-17)18(27)26-6-5-11-14(24-8-23-11)15(26)13-7-10-3-1-2-4-12(10)28-13/h1-4,7-9,15H,5-6H2,(H,23,24)/t15-/m1/s1. The number of fused-ring (bicyclic) bond motifs is 2. The molecule has 0 fully saturated rings. The second kappa shape index (κ2) is 6.45. The number of thiazole rings is 1. The largest absolute Gasteiger partial charge is 0.458 e. The van der Waals surface area contributed by atoms with Crippen LogP contribution >= 0.6 is 11.3 Å². The van der Waals surface area contributed by atoms with E-state index in [1.54, 1.807) is 12.1 Å². The minimum atomic E-state index is -4.70. The molecule has 0 bridgehead atoms. The zero-order valence-electron chi connectivity index (χ0n) is 14.7. The van der Waals surface area contributed by atoms with E-state index < -0.39 is 28.7 Å². The van der Waals surface area contributed by atoms with Gasteiger partial charge in [-0.3, -0.25) is 4.79 Å². The predicted molar refractivity (Wildman–Crippen MR) is 98.5 cm³/mol. The quantitative estimate of drug-likeness (QED) is 0.523. The van der Waals surface area contributed by atoms with Crippen molar-refractivity contribution in [3.63, 3.8) is 0 Å². The lowest BCUT2D eigenvalue weighted by molar-refractivity contribution is -0.141. The van der Waals surface area contributed by atoms with E-state index in [9.17, 15) is 18.0 Å². The van der Waals surface area contributed by atoms with E-state index in [2.05, 4.69) is 15.0 Å². The van der Waals surface area contributed by atoms with Gasteiger partial charge in [-0.15, -0.1) is 11.3 Å². The van der Waals surface area contributed by atoms with Crippen molar-refractivity contribution >= 4 is 28.2 Å². The molecular weight excluding hydrogens is 405 g/mol. The lowest BCUT2D eigenvalue weighted by Crippen LogP contribution is -2.41. The zero-order chi connectivity index (χ0) is 20.2. The number of imidazole rings is 1. The molecule has 0 spiro atoms. The van der Waals surface area contributed by atoms with Gasteiger partial charge in [0.15, 0.2) is 5.69 Å². The highest BCUT2D eigenvalue weighted by Gasteiger charge is 2.43. The van der Waals surface area contributed by atoms with E-state index >= 15 is 0 Å². The molecule has 4 aromatic rings. The maximum Gasteiger partial charge on any atom is 0.434 e. The molecule has 0 radical (unpaired) electrons. The summed E-state index contributed by atoms with van der Waals surface area (Å²) in [6.07, 6.45) is -2.73. The molecule has 1 aliphatic rings. The molecule has 1 atom stereocenters. The summed E-state index contributed by atoms with van der Waals surface area (Å²) in [4.78, 5) is 24.9. The number of nitrogens with one attached hydrogen (secondary N) is 1. The van der Waals surface area contributed by atoms with E-state index in [1.165, 1.54) is 11.2 Å². The van der Waals surface area contributed by atoms with Crippen LogP contribution in [0.25, 0.3) is 11.0 Å². The van der Waals surface area contributed by atoms with Crippen molar-refractivity contribution in [2.75, 3.05) is 6.54 Å². The number of benzene rings is 1. The second-order valence-electron chi connectivity index (χ2n) is 6.63. The number of aromatic nitrogens is 3. The van der Waals surface area contributed by atoms with Crippen LogP contribution in [0.3, 0.4) is 0 Å². The molecule has 148 valence electrons. The number of hydrogen-bond donors (Lipinski definition) is 1. The highest BCUT2D eigenvalue weighted by molar-refractivity contribution is 7.11. The van der Waals surface area contributed by atoms with E-state index in [4.69, 9.17) is 4.42 Å². The van der Waals surface area contributed by atoms with Crippen LogP contribution in [0.15, 0.2) is 46.6 Å². The summed E-state index contributed by atoms with van der Waals surface area (Å²) >= 11 is 0.683. The number of carbonyl (C=O) groups is 1. The van der Waals surface area contributed by atoms with E-state index in [0.717, 1.165) is 16.6 Å². The van der Waals surface area contributed by atoms with Gasteiger partial charge in [0.2, 0.25) is 0 Å². The SMILES string of the molecule is O=C(c1scnc1C(F)(F)F)N1CCc2[nH]cnc2[C@H]1c1cc2ccccc2o1. The number of rotatable bonds is 2. The fourth-order valence-corrected chi connectivity index (χ4v) is 4.41. The zero-order valence-corrected chi connectivity index (χ0v) is 15.5. The Balaban J connectivity index is 1.62. The Morgan fingerprint density at radius 2 is 2.10 bits per heavy atom. The number of carbonyl (C=O) groups excluding carboxylic acids is 1. The summed E-state index contributed by atoms with van der Waals surface area (Å²) in [6.45, 7) is 0.227. The molecule has 6 nitrogen and oxygen atoms in total. The minimum absolute atomic E-state index is 0.227. The van der Waals surface area contributed by atoms with Crippen LogP contribution in [-0.2, 0) is 12.6 Å². The molecule has 3 aromatic heterocycles. The fraction of sp³-hybridized carbons (Fsp3) is 0.211. The van der Waals surface area contributed by atoms with E-state index in [-0.39, 0.29) is 6.54 Å². The Bertz CT molecular complexity index is 1180. The Labute approximate surface area is 166 Å². The summed E-state index contributed by atoms with van der Waals surface area (Å²) in [5, 5.41) is 0.839. The van der Waals surface area contributed by atoms with Gasteiger partial charge in [-0.2, -0.15) is 13.2 Å². The van der Waals surface area contributed by atoms with Gasteiger partial charge in [0, 0.05) is 24.0 Å². The highest BCUT2D eigenvalue weighted by atomic mass is 32.1. The average Bonchev–Trinajstić information content (AvgIpc) is 3.44. The number of amides is 1. The van der Waals surface area contributed by atoms with Gasteiger partial charge in [-0.1, -0.05) is 18.2 Å². The first-order valence-corrected chi connectivity index (χ1v) is 9.63. The van der Waals surface area contributed by atoms with Crippen molar-refractivity contribution < 1.29 is 22.4 Å². The molecule has 0 unspecified atom stereocenters. The number of alkyl halides is 3. The first kappa shape index (κ1) is 17.9. The number of furan rings is 1. The molecule has 1 aromatic carbocycles. The van der Waals surface area contributed by atoms with Crippen LogP contribution in [-0.4, -0.2) is 32.3 Å². The van der Waals surface area contributed by atoms with Gasteiger partial charge < -0.3 is 14.3 Å². The summed E-state index contributed by atoms with van der Waals surface area (Å²) in [5.41, 5.74) is 1.91. The van der Waals surface area contributed by atoms with Crippen molar-refractivity contribution in [3.8, 4) is 0 Å². The van der Waals surface area contributed by atoms with Crippen molar-refractivity contribution in [1.82, 2.24) is 19.9 Å². The van der Waals surface area contributed by atoms with Crippen molar-refractivity contribution in [3.05, 3.63) is 69.9 Å². The van der Waals surface area contributed by atoms with Gasteiger partial charge in [-0.25, -0.2) is 9.97 Å². The topological polar surface area (TPSA) is 75.0 Å². The van der Waals surface area contributed by atoms with Gasteiger partial charge in [-0.05, 0) is 12.1 Å². The molecule has 0 saturated heterocycles. The predicted octanol–water partition coefficient (Wildman–Crippen LogP) is 4.42. The first-order valence-electron chi connectivity index (χ1n) is 8.76. The molecular formula is C19H13F3N4O2S. The van der Waals surface area contributed by atoms with Crippen molar-refractivity contribution in [1.29, 1.82) is 0 Å². The molecule has 10 heteroatoms. The number of para-hydroxylation sites is 1. The minimum Gasteiger partial charge on any atom is -0.458 e. The third-order valence-corrected chi connectivity index (χ3v) is 5.74. The maximum atomic E-state index is 13.3. The number of aromatic amines is 1. The van der Waals surface area contributed by atoms with Crippen LogP contribution < -0.4 is 0 Å². The Morgan fingerprint density at radius 1 is 1.28 bits per heavy atom. The van der Waals surface area contributed by atoms with Crippen LogP contribution in [0, 0.1) is 0 Å². The number of nitrogens with zero attached hydrogens (tertiary/aromatic N) is 3. The van der Waals surface area contributed by atoms with Crippen molar-refractivity contribution in [2.45, 2.75) is 18.6 Å². The third kappa shape index (κ3) is 2.91. The monoisotopic (exact) mass is 418 g/mol. The fourth-order valence-electron chi connectivity index (χ4n) is 3.65. The Kier molecular flexibility index (Phi) is 3.98. The van der Waals surface area contributed by atoms with Crippen LogP contribution in [0.1, 0.15) is 38.6 Å². The number of halogens is 3. The summed E-state index contributed by atoms with van der Waals surface area (Å²) in [6, 6.07) is 8.41. The van der Waals surface area contributed by atoms with E-state index in [0.29, 0.717) is 34.8 Å². The Morgan fingerprint density at radius 3 is 2.90 bits per heavy atom. The van der Waals surface area contributed by atoms with Gasteiger partial charge in [0.25, 0.3) is 5.91 Å². The Hall–Kier alpha value is -3.14. The first-order chi connectivity index (χ1) is 13.9. The normalized spacial score (nSPS) is 16.9. The molecule has 5 rings (SSSR count). The lowest BCUT2D eigenvalue weighted by atomic mass is 9.99. The molecule has 0 saturated carbocycles. The van der Waals surface area contributed by atoms with Crippen LogP contribution in [0.2, 0.25) is 0 Å². The highest BCUT2D eigenvalue weighted by Crippen LogP contribution is 2.39. The smallest absolute Gasteiger partial charge is 0.434 e. The van der Waals surface area contributed by atoms with Gasteiger partial charge >= 0.3 is 6.18 Å². The molecule has 1 amide bonds. The third-order valence-electron chi connectivity index (χ3n) is 4.93. The molecule has 1 N–H and O–H groups in total. The average molecular weight is 418 g/mol. The molecule has 1 aliphatic heterocycles. The van der Waals surface area contributed by atoms with Crippen LogP contribution in [0.5, 0.6) is 0 Å². The second-order valence-corrected chi connectivity index (χ2v) is 7.49. The molecule has 0 aliphatic carbocycles. The van der Waals surface area contributed by atoms with Gasteiger partial charge in [0.1, 0.15) is 22.3 Å². The maximum absolute atomic E-state index is 13.3. The summed E-state index contributed by atoms with van der Waals surface area (Å²) < 4.78 is 45.8. The number of H-pyrrole nitrogens is 1. The van der Waals surface area contributed by atoms with E-state index in [1.807, 2.05) is 18.2 Å². The van der Waals surface area contributed by atoms with Gasteiger partial charge in [0.05, 0.1) is 17.5 Å². The van der Waals surface area contributed by atoms with Crippen molar-refractivity contribution in [2.24, 2.45) is 0 Å². The number of hydrogen-bond acceptors (Lipinski definition) is 5. The summed E-state index contributed by atoms with van der Waals surface area (Å²) in [7, 11) is 0.